The molecule has 9 heteroatoms. The van der Waals surface area contributed by atoms with Gasteiger partial charge in [-0.25, -0.2) is 18.3 Å². The summed E-state index contributed by atoms with van der Waals surface area (Å²) >= 11 is 12.0. The van der Waals surface area contributed by atoms with Crippen molar-refractivity contribution in [3.8, 4) is 5.69 Å². The van der Waals surface area contributed by atoms with E-state index in [0.717, 1.165) is 18.2 Å². The lowest BCUT2D eigenvalue weighted by molar-refractivity contribution is 0.0456. The van der Waals surface area contributed by atoms with E-state index in [1.54, 1.807) is 18.2 Å². The molecule has 3 rings (SSSR count). The molecule has 0 saturated carbocycles. The summed E-state index contributed by atoms with van der Waals surface area (Å²) in [6.07, 6.45) is 1.46. The van der Waals surface area contributed by atoms with Crippen molar-refractivity contribution in [3.63, 3.8) is 0 Å². The van der Waals surface area contributed by atoms with Crippen molar-refractivity contribution < 1.29 is 18.3 Å². The fraction of sp³-hybridized carbons (Fsp3) is 0.0625. The molecule has 0 spiro atoms. The number of hydrogen-bond acceptors (Lipinski definition) is 4. The van der Waals surface area contributed by atoms with Crippen LogP contribution in [0.2, 0.25) is 10.0 Å². The smallest absolute Gasteiger partial charge is 0.344 e. The average molecular weight is 384 g/mol. The Labute approximate surface area is 150 Å². The maximum Gasteiger partial charge on any atom is 0.344 e. The second kappa shape index (κ2) is 7.16. The second-order valence-corrected chi connectivity index (χ2v) is 5.69. The van der Waals surface area contributed by atoms with Crippen LogP contribution < -0.4 is 0 Å². The Kier molecular flexibility index (Phi) is 4.96. The molecular weight excluding hydrogens is 375 g/mol. The van der Waals surface area contributed by atoms with E-state index in [1.807, 2.05) is 0 Å². The highest BCUT2D eigenvalue weighted by Gasteiger charge is 2.19. The van der Waals surface area contributed by atoms with E-state index in [-0.39, 0.29) is 17.3 Å². The van der Waals surface area contributed by atoms with Gasteiger partial charge in [0.2, 0.25) is 0 Å². The van der Waals surface area contributed by atoms with Crippen LogP contribution in [0.25, 0.3) is 5.69 Å². The standard InChI is InChI=1S/C16H9Cl2F2N3O2/c17-10-3-1-6-13(15(10)18)23-7-9(21-22-23)8-25-16(24)14-11(19)4-2-5-12(14)20/h1-7H,8H2. The Hall–Kier alpha value is -2.51. The number of benzene rings is 2. The number of esters is 1. The Balaban J connectivity index is 1.74. The van der Waals surface area contributed by atoms with Gasteiger partial charge in [-0.2, -0.15) is 0 Å². The Bertz CT molecular complexity index is 927. The van der Waals surface area contributed by atoms with Gasteiger partial charge in [0.15, 0.2) is 0 Å². The number of rotatable bonds is 4. The third-order valence-corrected chi connectivity index (χ3v) is 4.05. The SMILES string of the molecule is O=C(OCc1cn(-c2cccc(Cl)c2Cl)nn1)c1c(F)cccc1F. The number of aromatic nitrogens is 3. The van der Waals surface area contributed by atoms with Crippen LogP contribution >= 0.6 is 23.2 Å². The Morgan fingerprint density at radius 1 is 1.12 bits per heavy atom. The molecule has 1 heterocycles. The number of halogens is 4. The largest absolute Gasteiger partial charge is 0.455 e. The van der Waals surface area contributed by atoms with Crippen molar-refractivity contribution in [1.29, 1.82) is 0 Å². The van der Waals surface area contributed by atoms with Crippen LogP contribution in [0.4, 0.5) is 8.78 Å². The lowest BCUT2D eigenvalue weighted by atomic mass is 10.2. The molecule has 0 saturated heterocycles. The molecule has 25 heavy (non-hydrogen) atoms. The van der Waals surface area contributed by atoms with E-state index in [9.17, 15) is 13.6 Å². The number of ether oxygens (including phenoxy) is 1. The van der Waals surface area contributed by atoms with Crippen LogP contribution in [0.1, 0.15) is 16.1 Å². The molecule has 2 aromatic carbocycles. The minimum absolute atomic E-state index is 0.265. The van der Waals surface area contributed by atoms with Crippen molar-refractivity contribution in [2.45, 2.75) is 6.61 Å². The first-order valence-electron chi connectivity index (χ1n) is 6.94. The van der Waals surface area contributed by atoms with E-state index in [2.05, 4.69) is 10.3 Å². The molecule has 0 radical (unpaired) electrons. The van der Waals surface area contributed by atoms with Gasteiger partial charge in [-0.05, 0) is 24.3 Å². The van der Waals surface area contributed by atoms with Crippen molar-refractivity contribution in [1.82, 2.24) is 15.0 Å². The van der Waals surface area contributed by atoms with Gasteiger partial charge in [0, 0.05) is 0 Å². The molecule has 0 fully saturated rings. The highest BCUT2D eigenvalue weighted by molar-refractivity contribution is 6.43. The van der Waals surface area contributed by atoms with Gasteiger partial charge in [-0.15, -0.1) is 5.10 Å². The second-order valence-electron chi connectivity index (χ2n) is 4.90. The lowest BCUT2D eigenvalue weighted by Crippen LogP contribution is -2.10. The topological polar surface area (TPSA) is 57.0 Å². The highest BCUT2D eigenvalue weighted by atomic mass is 35.5. The molecule has 1 aromatic heterocycles. The first-order chi connectivity index (χ1) is 12.0. The van der Waals surface area contributed by atoms with Crippen LogP contribution in [0.15, 0.2) is 42.6 Å². The van der Waals surface area contributed by atoms with Crippen LogP contribution in [0.5, 0.6) is 0 Å². The normalized spacial score (nSPS) is 10.7. The molecule has 0 aliphatic heterocycles. The van der Waals surface area contributed by atoms with Gasteiger partial charge >= 0.3 is 5.97 Å². The highest BCUT2D eigenvalue weighted by Crippen LogP contribution is 2.27. The zero-order chi connectivity index (χ0) is 18.0. The van der Waals surface area contributed by atoms with Crippen LogP contribution in [0, 0.1) is 11.6 Å². The zero-order valence-electron chi connectivity index (χ0n) is 12.4. The molecule has 0 atom stereocenters. The third kappa shape index (κ3) is 3.62. The summed E-state index contributed by atoms with van der Waals surface area (Å²) in [6, 6.07) is 8.07. The van der Waals surface area contributed by atoms with Crippen LogP contribution in [-0.4, -0.2) is 21.0 Å². The third-order valence-electron chi connectivity index (χ3n) is 3.24. The number of nitrogens with zero attached hydrogens (tertiary/aromatic N) is 3. The molecule has 3 aromatic rings. The van der Waals surface area contributed by atoms with E-state index in [0.29, 0.717) is 10.7 Å². The minimum Gasteiger partial charge on any atom is -0.455 e. The molecule has 0 aliphatic rings. The molecule has 0 bridgehead atoms. The van der Waals surface area contributed by atoms with E-state index in [1.165, 1.54) is 10.9 Å². The molecule has 0 unspecified atom stereocenters. The number of hydrogen-bond donors (Lipinski definition) is 0. The summed E-state index contributed by atoms with van der Waals surface area (Å²) in [7, 11) is 0. The summed E-state index contributed by atoms with van der Waals surface area (Å²) in [5.41, 5.74) is -0.00620. The van der Waals surface area contributed by atoms with Gasteiger partial charge in [0.05, 0.1) is 21.9 Å². The maximum absolute atomic E-state index is 13.5. The molecule has 0 N–H and O–H groups in total. The maximum atomic E-state index is 13.5. The first kappa shape index (κ1) is 17.3. The van der Waals surface area contributed by atoms with Crippen LogP contribution in [-0.2, 0) is 11.3 Å². The summed E-state index contributed by atoms with van der Waals surface area (Å²) in [4.78, 5) is 11.8. The molecule has 0 aliphatic carbocycles. The average Bonchev–Trinajstić information content (AvgIpc) is 3.04. The molecule has 5 nitrogen and oxygen atoms in total. The predicted molar refractivity (Wildman–Crippen MR) is 86.9 cm³/mol. The van der Waals surface area contributed by atoms with Crippen molar-refractivity contribution in [2.75, 3.05) is 0 Å². The van der Waals surface area contributed by atoms with E-state index >= 15 is 0 Å². The van der Waals surface area contributed by atoms with Gasteiger partial charge in [0.25, 0.3) is 0 Å². The fourth-order valence-corrected chi connectivity index (χ4v) is 2.44. The van der Waals surface area contributed by atoms with Gasteiger partial charge in [-0.3, -0.25) is 0 Å². The van der Waals surface area contributed by atoms with Gasteiger partial charge < -0.3 is 4.74 Å². The Morgan fingerprint density at radius 2 is 1.80 bits per heavy atom. The van der Waals surface area contributed by atoms with Crippen molar-refractivity contribution in [2.24, 2.45) is 0 Å². The minimum atomic E-state index is -1.13. The van der Waals surface area contributed by atoms with E-state index < -0.39 is 23.2 Å². The summed E-state index contributed by atoms with van der Waals surface area (Å²) in [6.45, 7) is -0.315. The van der Waals surface area contributed by atoms with Crippen molar-refractivity contribution in [3.05, 3.63) is 75.5 Å². The van der Waals surface area contributed by atoms with Gasteiger partial charge in [0.1, 0.15) is 29.5 Å². The number of carbonyl (C=O) groups is 1. The first-order valence-corrected chi connectivity index (χ1v) is 7.69. The fourth-order valence-electron chi connectivity index (χ4n) is 2.06. The van der Waals surface area contributed by atoms with Gasteiger partial charge in [-0.1, -0.05) is 40.5 Å². The molecular formula is C16H9Cl2F2N3O2. The predicted octanol–water partition coefficient (Wildman–Crippen LogP) is 4.21. The summed E-state index contributed by atoms with van der Waals surface area (Å²) in [5, 5.41) is 8.31. The number of carbonyl (C=O) groups excluding carboxylic acids is 1. The zero-order valence-corrected chi connectivity index (χ0v) is 13.9. The molecule has 128 valence electrons. The van der Waals surface area contributed by atoms with Crippen LogP contribution in [0.3, 0.4) is 0 Å². The molecule has 0 amide bonds. The monoisotopic (exact) mass is 383 g/mol. The Morgan fingerprint density at radius 3 is 2.52 bits per heavy atom. The quantitative estimate of drug-likeness (QED) is 0.633. The van der Waals surface area contributed by atoms with E-state index in [4.69, 9.17) is 27.9 Å². The lowest BCUT2D eigenvalue weighted by Gasteiger charge is -2.05. The van der Waals surface area contributed by atoms with Crippen molar-refractivity contribution >= 4 is 29.2 Å². The summed E-state index contributed by atoms with van der Waals surface area (Å²) < 4.78 is 33.3. The summed E-state index contributed by atoms with van der Waals surface area (Å²) in [5.74, 6) is -3.13.